The third kappa shape index (κ3) is 3.09. The molecule has 98 valence electrons. The van der Waals surface area contributed by atoms with Crippen LogP contribution < -0.4 is 0 Å². The lowest BCUT2D eigenvalue weighted by molar-refractivity contribution is -0.147. The zero-order valence-electron chi connectivity index (χ0n) is 11.1. The molecule has 1 aromatic carbocycles. The third-order valence-corrected chi connectivity index (χ3v) is 2.98. The van der Waals surface area contributed by atoms with E-state index in [2.05, 4.69) is 4.74 Å². The Kier molecular flexibility index (Phi) is 4.48. The minimum Gasteiger partial charge on any atom is -0.481 e. The maximum Gasteiger partial charge on any atom is 0.311 e. The smallest absolute Gasteiger partial charge is 0.311 e. The molecule has 18 heavy (non-hydrogen) atoms. The van der Waals surface area contributed by atoms with Gasteiger partial charge in [-0.05, 0) is 37.5 Å². The summed E-state index contributed by atoms with van der Waals surface area (Å²) in [5, 5.41) is 9.28. The molecular formula is C14H18O4. The maximum absolute atomic E-state index is 11.3. The van der Waals surface area contributed by atoms with Crippen LogP contribution in [0, 0.1) is 20.8 Å². The second-order valence-electron chi connectivity index (χ2n) is 4.48. The van der Waals surface area contributed by atoms with Gasteiger partial charge in [0, 0.05) is 0 Å². The highest BCUT2D eigenvalue weighted by atomic mass is 16.5. The molecule has 0 fully saturated rings. The van der Waals surface area contributed by atoms with Gasteiger partial charge in [-0.3, -0.25) is 9.59 Å². The van der Waals surface area contributed by atoms with Crippen LogP contribution in [0.2, 0.25) is 0 Å². The zero-order chi connectivity index (χ0) is 13.9. The predicted molar refractivity (Wildman–Crippen MR) is 67.7 cm³/mol. The first kappa shape index (κ1) is 14.2. The van der Waals surface area contributed by atoms with E-state index in [0.717, 1.165) is 16.7 Å². The largest absolute Gasteiger partial charge is 0.481 e. The van der Waals surface area contributed by atoms with Gasteiger partial charge in [0.2, 0.25) is 0 Å². The number of ether oxygens (including phenoxy) is 1. The molecule has 0 aromatic heterocycles. The topological polar surface area (TPSA) is 63.6 Å². The van der Waals surface area contributed by atoms with E-state index in [1.165, 1.54) is 7.11 Å². The molecule has 0 aliphatic heterocycles. The standard InChI is InChI=1S/C14H18O4/c1-8-5-9(2)13(10(3)6-8)11(14(16)17)7-12(15)18-4/h5-6,11H,7H2,1-4H3,(H,16,17)/t11-/m0/s1. The quantitative estimate of drug-likeness (QED) is 0.833. The first-order valence-corrected chi connectivity index (χ1v) is 5.74. The molecule has 1 aromatic rings. The first-order valence-electron chi connectivity index (χ1n) is 5.74. The summed E-state index contributed by atoms with van der Waals surface area (Å²) >= 11 is 0. The van der Waals surface area contributed by atoms with Crippen molar-refractivity contribution in [1.29, 1.82) is 0 Å². The fourth-order valence-electron chi connectivity index (χ4n) is 2.30. The number of carboxylic acids is 1. The molecule has 1 N–H and O–H groups in total. The Morgan fingerprint density at radius 3 is 2.11 bits per heavy atom. The number of aryl methyl sites for hydroxylation is 3. The number of rotatable bonds is 4. The number of esters is 1. The van der Waals surface area contributed by atoms with Crippen LogP contribution in [-0.4, -0.2) is 24.2 Å². The van der Waals surface area contributed by atoms with Crippen molar-refractivity contribution in [2.24, 2.45) is 0 Å². The van der Waals surface area contributed by atoms with E-state index in [1.807, 2.05) is 32.9 Å². The molecule has 0 bridgehead atoms. The average molecular weight is 250 g/mol. The van der Waals surface area contributed by atoms with Crippen molar-refractivity contribution in [3.05, 3.63) is 34.4 Å². The van der Waals surface area contributed by atoms with Gasteiger partial charge in [0.15, 0.2) is 0 Å². The van der Waals surface area contributed by atoms with E-state index >= 15 is 0 Å². The minimum absolute atomic E-state index is 0.142. The number of carboxylic acid groups (broad SMARTS) is 1. The van der Waals surface area contributed by atoms with Crippen LogP contribution in [0.4, 0.5) is 0 Å². The SMILES string of the molecule is COC(=O)C[C@H](C(=O)O)c1c(C)cc(C)cc1C. The molecule has 0 saturated carbocycles. The fraction of sp³-hybridized carbons (Fsp3) is 0.429. The van der Waals surface area contributed by atoms with Crippen LogP contribution in [0.1, 0.15) is 34.6 Å². The Labute approximate surface area is 107 Å². The van der Waals surface area contributed by atoms with Gasteiger partial charge in [0.25, 0.3) is 0 Å². The Hall–Kier alpha value is -1.84. The van der Waals surface area contributed by atoms with Crippen LogP contribution in [-0.2, 0) is 14.3 Å². The van der Waals surface area contributed by atoms with Gasteiger partial charge in [-0.15, -0.1) is 0 Å². The summed E-state index contributed by atoms with van der Waals surface area (Å²) in [6, 6.07) is 3.85. The van der Waals surface area contributed by atoms with Crippen LogP contribution in [0.5, 0.6) is 0 Å². The van der Waals surface area contributed by atoms with Gasteiger partial charge in [0.1, 0.15) is 0 Å². The van der Waals surface area contributed by atoms with Crippen molar-refractivity contribution in [2.45, 2.75) is 33.1 Å². The molecule has 0 aliphatic rings. The van der Waals surface area contributed by atoms with Gasteiger partial charge in [0.05, 0.1) is 19.4 Å². The normalized spacial score (nSPS) is 12.0. The summed E-state index contributed by atoms with van der Waals surface area (Å²) in [5.41, 5.74) is 3.57. The lowest BCUT2D eigenvalue weighted by Crippen LogP contribution is -2.19. The van der Waals surface area contributed by atoms with Gasteiger partial charge >= 0.3 is 11.9 Å². The van der Waals surface area contributed by atoms with E-state index in [4.69, 9.17) is 0 Å². The zero-order valence-corrected chi connectivity index (χ0v) is 11.1. The van der Waals surface area contributed by atoms with E-state index in [0.29, 0.717) is 5.56 Å². The Morgan fingerprint density at radius 2 is 1.72 bits per heavy atom. The van der Waals surface area contributed by atoms with Crippen molar-refractivity contribution in [3.63, 3.8) is 0 Å². The van der Waals surface area contributed by atoms with Crippen molar-refractivity contribution >= 4 is 11.9 Å². The van der Waals surface area contributed by atoms with Gasteiger partial charge < -0.3 is 9.84 Å². The van der Waals surface area contributed by atoms with Crippen molar-refractivity contribution < 1.29 is 19.4 Å². The molecule has 0 radical (unpaired) electrons. The highest BCUT2D eigenvalue weighted by Crippen LogP contribution is 2.28. The molecular weight excluding hydrogens is 232 g/mol. The van der Waals surface area contributed by atoms with Gasteiger partial charge in [-0.2, -0.15) is 0 Å². The highest BCUT2D eigenvalue weighted by molar-refractivity contribution is 5.84. The molecule has 4 nitrogen and oxygen atoms in total. The third-order valence-electron chi connectivity index (χ3n) is 2.98. The summed E-state index contributed by atoms with van der Waals surface area (Å²) in [6.45, 7) is 5.69. The summed E-state index contributed by atoms with van der Waals surface area (Å²) < 4.78 is 4.55. The number of aliphatic carboxylic acids is 1. The Bertz CT molecular complexity index is 454. The molecule has 0 amide bonds. The van der Waals surface area contributed by atoms with E-state index in [1.54, 1.807) is 0 Å². The first-order chi connectivity index (χ1) is 8.36. The van der Waals surface area contributed by atoms with Crippen LogP contribution in [0.25, 0.3) is 0 Å². The Morgan fingerprint density at radius 1 is 1.22 bits per heavy atom. The number of methoxy groups -OCH3 is 1. The Balaban J connectivity index is 3.22. The van der Waals surface area contributed by atoms with Gasteiger partial charge in [-0.1, -0.05) is 17.7 Å². The van der Waals surface area contributed by atoms with E-state index in [9.17, 15) is 14.7 Å². The average Bonchev–Trinajstić information content (AvgIpc) is 2.25. The van der Waals surface area contributed by atoms with Crippen molar-refractivity contribution in [3.8, 4) is 0 Å². The summed E-state index contributed by atoms with van der Waals surface area (Å²) in [4.78, 5) is 22.6. The minimum atomic E-state index is -1.00. The molecule has 1 atom stereocenters. The van der Waals surface area contributed by atoms with Gasteiger partial charge in [-0.25, -0.2) is 0 Å². The number of carbonyl (C=O) groups excluding carboxylic acids is 1. The number of hydrogen-bond acceptors (Lipinski definition) is 3. The number of hydrogen-bond donors (Lipinski definition) is 1. The van der Waals surface area contributed by atoms with Crippen molar-refractivity contribution in [1.82, 2.24) is 0 Å². The predicted octanol–water partition coefficient (Wildman–Crippen LogP) is 2.34. The lowest BCUT2D eigenvalue weighted by Gasteiger charge is -2.17. The summed E-state index contributed by atoms with van der Waals surface area (Å²) in [6.07, 6.45) is -0.142. The highest BCUT2D eigenvalue weighted by Gasteiger charge is 2.26. The second-order valence-corrected chi connectivity index (χ2v) is 4.48. The molecule has 4 heteroatoms. The molecule has 1 rings (SSSR count). The monoisotopic (exact) mass is 250 g/mol. The maximum atomic E-state index is 11.3. The van der Waals surface area contributed by atoms with E-state index in [-0.39, 0.29) is 6.42 Å². The molecule has 0 unspecified atom stereocenters. The molecule has 0 spiro atoms. The molecule has 0 aliphatic carbocycles. The summed E-state index contributed by atoms with van der Waals surface area (Å²) in [5.74, 6) is -2.37. The second kappa shape index (κ2) is 5.67. The van der Waals surface area contributed by atoms with Crippen LogP contribution in [0.3, 0.4) is 0 Å². The lowest BCUT2D eigenvalue weighted by atomic mass is 9.87. The number of carbonyl (C=O) groups is 2. The summed E-state index contributed by atoms with van der Waals surface area (Å²) in [7, 11) is 1.26. The fourth-order valence-corrected chi connectivity index (χ4v) is 2.30. The van der Waals surface area contributed by atoms with Crippen LogP contribution >= 0.6 is 0 Å². The molecule has 0 heterocycles. The van der Waals surface area contributed by atoms with Crippen molar-refractivity contribution in [2.75, 3.05) is 7.11 Å². The van der Waals surface area contributed by atoms with Crippen LogP contribution in [0.15, 0.2) is 12.1 Å². The molecule has 0 saturated heterocycles. The number of benzene rings is 1. The van der Waals surface area contributed by atoms with E-state index < -0.39 is 17.9 Å².